The van der Waals surface area contributed by atoms with Crippen LogP contribution in [0, 0.1) is 0 Å². The number of carbonyl (C=O) groups is 2. The number of amides is 1. The van der Waals surface area contributed by atoms with E-state index in [1.54, 1.807) is 12.2 Å². The molecule has 0 saturated heterocycles. The number of carboxylic acid groups (broad SMARTS) is 1. The highest BCUT2D eigenvalue weighted by atomic mass is 16.4. The number of carbonyl (C=O) groups excluding carboxylic acids is 1. The number of nitrogens with zero attached hydrogens (tertiary/aromatic N) is 1. The number of rotatable bonds is 6. The third kappa shape index (κ3) is 4.55. The Morgan fingerprint density at radius 2 is 1.50 bits per heavy atom. The lowest BCUT2D eigenvalue weighted by molar-refractivity contribution is -0.297. The predicted octanol–water partition coefficient (Wildman–Crippen LogP) is 1.88. The molecule has 0 aromatic heterocycles. The monoisotopic (exact) mass is 376 g/mol. The number of hydrogen-bond acceptors (Lipinski definition) is 4. The van der Waals surface area contributed by atoms with Crippen LogP contribution < -0.4 is 11.1 Å². The second-order valence-electron chi connectivity index (χ2n) is 6.47. The molecule has 142 valence electrons. The Balaban J connectivity index is 1.90. The van der Waals surface area contributed by atoms with Gasteiger partial charge in [-0.2, -0.15) is 0 Å². The fourth-order valence-corrected chi connectivity index (χ4v) is 3.02. The van der Waals surface area contributed by atoms with Gasteiger partial charge < -0.3 is 15.3 Å². The van der Waals surface area contributed by atoms with Gasteiger partial charge in [0.2, 0.25) is 0 Å². The lowest BCUT2D eigenvalue weighted by atomic mass is 10.0. The van der Waals surface area contributed by atoms with E-state index >= 15 is 0 Å². The van der Waals surface area contributed by atoms with E-state index in [0.717, 1.165) is 39.7 Å². The van der Waals surface area contributed by atoms with Crippen molar-refractivity contribution in [3.05, 3.63) is 82.9 Å². The predicted molar refractivity (Wildman–Crippen MR) is 109 cm³/mol. The third-order valence-corrected chi connectivity index (χ3v) is 4.38. The molecule has 2 aromatic rings. The van der Waals surface area contributed by atoms with E-state index in [-0.39, 0.29) is 5.91 Å². The molecule has 0 saturated carbocycles. The number of hydrogen-bond donors (Lipinski definition) is 3. The molecule has 0 aliphatic carbocycles. The van der Waals surface area contributed by atoms with Crippen molar-refractivity contribution in [2.75, 3.05) is 13.7 Å². The maximum absolute atomic E-state index is 11.0. The van der Waals surface area contributed by atoms with Crippen molar-refractivity contribution in [1.82, 2.24) is 10.2 Å². The first-order valence-electron chi connectivity index (χ1n) is 8.79. The standard InChI is InChI=1S/C22H21N3O3/c1-25-14-24-21(17-8-2-15(3-9-17)6-12-19(23)26)22(25)18-10-4-16(5-11-18)7-13-20(27)28/h2-13,24H,14H2,1H3,(H2,23,26)(H,27,28)/p+1/b12-6+,13-7+. The van der Waals surface area contributed by atoms with Crippen molar-refractivity contribution in [2.24, 2.45) is 0 Å². The first kappa shape index (κ1) is 19.1. The Morgan fingerprint density at radius 3 is 2.04 bits per heavy atom. The molecule has 1 heterocycles. The van der Waals surface area contributed by atoms with Gasteiger partial charge in [-0.3, -0.25) is 5.73 Å². The number of benzene rings is 2. The normalized spacial score (nSPS) is 14.1. The molecule has 0 fully saturated rings. The van der Waals surface area contributed by atoms with Gasteiger partial charge in [-0.25, -0.2) is 9.59 Å². The van der Waals surface area contributed by atoms with Crippen LogP contribution in [0.5, 0.6) is 0 Å². The Morgan fingerprint density at radius 1 is 0.964 bits per heavy atom. The fraction of sp³-hybridized carbons (Fsp3) is 0.0909. The summed E-state index contributed by atoms with van der Waals surface area (Å²) in [6.45, 7) is 0.697. The summed E-state index contributed by atoms with van der Waals surface area (Å²) in [7, 11) is 2.02. The van der Waals surface area contributed by atoms with E-state index in [0.29, 0.717) is 6.67 Å². The van der Waals surface area contributed by atoms with Crippen LogP contribution >= 0.6 is 0 Å². The van der Waals surface area contributed by atoms with Crippen LogP contribution in [0.3, 0.4) is 0 Å². The Labute approximate surface area is 163 Å². The molecule has 28 heavy (non-hydrogen) atoms. The summed E-state index contributed by atoms with van der Waals surface area (Å²) in [4.78, 5) is 23.8. The highest BCUT2D eigenvalue weighted by Gasteiger charge is 2.21. The molecule has 0 atom stereocenters. The summed E-state index contributed by atoms with van der Waals surface area (Å²) in [5.74, 6) is -1.19. The molecule has 0 radical (unpaired) electrons. The van der Waals surface area contributed by atoms with E-state index in [9.17, 15) is 9.59 Å². The molecule has 3 rings (SSSR count). The molecule has 6 nitrogen and oxygen atoms in total. The van der Waals surface area contributed by atoms with Crippen LogP contribution in [0.25, 0.3) is 23.5 Å². The molecule has 6 heteroatoms. The minimum atomic E-state index is -0.966. The zero-order valence-corrected chi connectivity index (χ0v) is 15.6. The van der Waals surface area contributed by atoms with Crippen molar-refractivity contribution in [2.45, 2.75) is 0 Å². The van der Waals surface area contributed by atoms with Crippen molar-refractivity contribution in [1.29, 1.82) is 0 Å². The molecule has 1 amide bonds. The topological polar surface area (TPSA) is 97.3 Å². The first-order valence-corrected chi connectivity index (χ1v) is 8.79. The Bertz CT molecular complexity index is 971. The fourth-order valence-electron chi connectivity index (χ4n) is 3.02. The van der Waals surface area contributed by atoms with Gasteiger partial charge in [-0.05, 0) is 28.8 Å². The molecular weight excluding hydrogens is 354 g/mol. The van der Waals surface area contributed by atoms with Crippen LogP contribution in [0.15, 0.2) is 60.7 Å². The number of nitrogens with one attached hydrogen (secondary N) is 1. The second-order valence-corrected chi connectivity index (χ2v) is 6.47. The largest absolute Gasteiger partial charge is 0.478 e. The van der Waals surface area contributed by atoms with Crippen molar-refractivity contribution in [3.8, 4) is 0 Å². The minimum Gasteiger partial charge on any atom is -0.478 e. The molecule has 1 aliphatic rings. The SMILES string of the molecule is CN1CNC(c2ccc(/C=C/C([NH3+])=O)cc2)=C1c1ccc(/C=C/C(=O)O)cc1. The van der Waals surface area contributed by atoms with Gasteiger partial charge in [0.25, 0.3) is 0 Å². The van der Waals surface area contributed by atoms with E-state index in [4.69, 9.17) is 5.11 Å². The summed E-state index contributed by atoms with van der Waals surface area (Å²) in [5.41, 5.74) is 9.29. The van der Waals surface area contributed by atoms with E-state index in [2.05, 4.69) is 16.0 Å². The van der Waals surface area contributed by atoms with Gasteiger partial charge in [0, 0.05) is 24.8 Å². The zero-order valence-electron chi connectivity index (χ0n) is 15.6. The highest BCUT2D eigenvalue weighted by Crippen LogP contribution is 2.31. The van der Waals surface area contributed by atoms with Crippen molar-refractivity contribution in [3.63, 3.8) is 0 Å². The van der Waals surface area contributed by atoms with Crippen LogP contribution in [0.1, 0.15) is 22.3 Å². The number of quaternary nitrogens is 1. The molecule has 0 bridgehead atoms. The van der Waals surface area contributed by atoms with Gasteiger partial charge in [-0.1, -0.05) is 48.5 Å². The van der Waals surface area contributed by atoms with Crippen molar-refractivity contribution >= 4 is 35.4 Å². The van der Waals surface area contributed by atoms with Gasteiger partial charge in [-0.15, -0.1) is 0 Å². The first-order chi connectivity index (χ1) is 13.4. The lowest BCUT2D eigenvalue weighted by Gasteiger charge is -2.16. The summed E-state index contributed by atoms with van der Waals surface area (Å²) in [5, 5.41) is 12.2. The second kappa shape index (κ2) is 8.37. The average Bonchev–Trinajstić information content (AvgIpc) is 3.07. The smallest absolute Gasteiger partial charge is 0.333 e. The highest BCUT2D eigenvalue weighted by molar-refractivity contribution is 5.91. The summed E-state index contributed by atoms with van der Waals surface area (Å²) in [6.07, 6.45) is 5.88. The summed E-state index contributed by atoms with van der Waals surface area (Å²) in [6, 6.07) is 15.7. The number of carboxylic acids is 1. The summed E-state index contributed by atoms with van der Waals surface area (Å²) >= 11 is 0. The maximum atomic E-state index is 11.0. The van der Waals surface area contributed by atoms with Gasteiger partial charge in [0.05, 0.1) is 18.1 Å². The van der Waals surface area contributed by atoms with Crippen LogP contribution in [0.4, 0.5) is 0 Å². The van der Waals surface area contributed by atoms with Gasteiger partial charge in [0.1, 0.15) is 0 Å². The van der Waals surface area contributed by atoms with Crippen LogP contribution in [-0.2, 0) is 9.59 Å². The molecule has 0 spiro atoms. The van der Waals surface area contributed by atoms with E-state index < -0.39 is 5.97 Å². The zero-order chi connectivity index (χ0) is 20.1. The molecular formula is C22H22N3O3+. The van der Waals surface area contributed by atoms with E-state index in [1.165, 1.54) is 6.08 Å². The summed E-state index contributed by atoms with van der Waals surface area (Å²) < 4.78 is 0. The maximum Gasteiger partial charge on any atom is 0.333 e. The Hall–Kier alpha value is -3.64. The minimum absolute atomic E-state index is 0.227. The van der Waals surface area contributed by atoms with Crippen molar-refractivity contribution < 1.29 is 20.4 Å². The molecule has 5 N–H and O–H groups in total. The third-order valence-electron chi connectivity index (χ3n) is 4.38. The van der Waals surface area contributed by atoms with Crippen LogP contribution in [0.2, 0.25) is 0 Å². The van der Waals surface area contributed by atoms with Crippen LogP contribution in [-0.4, -0.2) is 35.6 Å². The van der Waals surface area contributed by atoms with Gasteiger partial charge >= 0.3 is 11.9 Å². The van der Waals surface area contributed by atoms with Gasteiger partial charge in [0.15, 0.2) is 0 Å². The average molecular weight is 376 g/mol. The Kier molecular flexibility index (Phi) is 5.72. The van der Waals surface area contributed by atoms with E-state index in [1.807, 2.05) is 55.6 Å². The molecule has 1 aliphatic heterocycles. The molecule has 2 aromatic carbocycles. The molecule has 0 unspecified atom stereocenters. The lowest BCUT2D eigenvalue weighted by Crippen LogP contribution is -2.55. The number of aliphatic carboxylic acids is 1. The quantitative estimate of drug-likeness (QED) is 0.669.